The van der Waals surface area contributed by atoms with Gasteiger partial charge in [-0.25, -0.2) is 0 Å². The Bertz CT molecular complexity index is 581. The van der Waals surface area contributed by atoms with Gasteiger partial charge in [-0.1, -0.05) is 63.8 Å². The van der Waals surface area contributed by atoms with Crippen LogP contribution in [0.2, 0.25) is 0 Å². The van der Waals surface area contributed by atoms with Crippen molar-refractivity contribution >= 4 is 11.9 Å². The van der Waals surface area contributed by atoms with E-state index < -0.39 is 0 Å². The molecule has 2 unspecified atom stereocenters. The van der Waals surface area contributed by atoms with E-state index in [9.17, 15) is 9.59 Å². The molecule has 0 bridgehead atoms. The molecule has 1 heterocycles. The van der Waals surface area contributed by atoms with Gasteiger partial charge in [-0.05, 0) is 77.0 Å². The van der Waals surface area contributed by atoms with Crippen molar-refractivity contribution < 1.29 is 19.1 Å². The number of hydrogen-bond acceptors (Lipinski definition) is 6. The van der Waals surface area contributed by atoms with Gasteiger partial charge < -0.3 is 20.1 Å². The van der Waals surface area contributed by atoms with Crippen molar-refractivity contribution in [2.75, 3.05) is 26.3 Å². The maximum atomic E-state index is 12.0. The minimum Gasteiger partial charge on any atom is -0.464 e. The molecule has 1 aliphatic heterocycles. The van der Waals surface area contributed by atoms with Crippen LogP contribution in [0.1, 0.15) is 129 Å². The average molecular weight is 535 g/mol. The molecule has 6 nitrogen and oxygen atoms in total. The average Bonchev–Trinajstić information content (AvgIpc) is 2.90. The van der Waals surface area contributed by atoms with E-state index in [1.165, 1.54) is 25.7 Å². The monoisotopic (exact) mass is 534 g/mol. The molecule has 0 aromatic carbocycles. The molecule has 0 aliphatic carbocycles. The Morgan fingerprint density at radius 1 is 0.632 bits per heavy atom. The van der Waals surface area contributed by atoms with Crippen LogP contribution >= 0.6 is 0 Å². The highest BCUT2D eigenvalue weighted by Gasteiger charge is 2.09. The smallest absolute Gasteiger partial charge is 0.305 e. The Labute approximate surface area is 233 Å². The lowest BCUT2D eigenvalue weighted by atomic mass is 10.0. The first-order valence-corrected chi connectivity index (χ1v) is 15.7. The number of ether oxygens (including phenoxy) is 2. The van der Waals surface area contributed by atoms with E-state index in [1.54, 1.807) is 0 Å². The summed E-state index contributed by atoms with van der Waals surface area (Å²) in [4.78, 5) is 24.1. The second-order valence-electron chi connectivity index (χ2n) is 10.6. The fraction of sp³-hybridized carbons (Fsp3) is 0.812. The first-order valence-electron chi connectivity index (χ1n) is 15.7. The fourth-order valence-electron chi connectivity index (χ4n) is 4.90. The van der Waals surface area contributed by atoms with Crippen LogP contribution in [-0.4, -0.2) is 50.3 Å². The third-order valence-electron chi connectivity index (χ3n) is 7.05. The minimum absolute atomic E-state index is 0.0806. The van der Waals surface area contributed by atoms with E-state index in [0.29, 0.717) is 38.1 Å². The molecule has 38 heavy (non-hydrogen) atoms. The standard InChI is InChI=1S/C32H58N2O4/c1-3-19-29-21-15-11-7-5-9-13-18-24-32(36)38-28-26-34-30(20-4-2)22-16-12-8-6-10-14-17-23-31(35)37-27-25-33-29/h5-6,9-10,29-30,33-34H,3-4,7-8,11-28H2,1-2H3/b9-5+,10-6+. The van der Waals surface area contributed by atoms with Gasteiger partial charge in [0.2, 0.25) is 0 Å². The molecule has 0 spiro atoms. The summed E-state index contributed by atoms with van der Waals surface area (Å²) >= 11 is 0. The Balaban J connectivity index is 2.44. The summed E-state index contributed by atoms with van der Waals surface area (Å²) in [5.41, 5.74) is 0. The molecular weight excluding hydrogens is 476 g/mol. The van der Waals surface area contributed by atoms with E-state index in [4.69, 9.17) is 9.47 Å². The molecule has 0 saturated heterocycles. The first kappa shape index (κ1) is 34.4. The molecular formula is C32H58N2O4. The minimum atomic E-state index is -0.0806. The first-order chi connectivity index (χ1) is 18.7. The summed E-state index contributed by atoms with van der Waals surface area (Å²) in [7, 11) is 0. The summed E-state index contributed by atoms with van der Waals surface area (Å²) in [6, 6.07) is 0.985. The van der Waals surface area contributed by atoms with Crippen LogP contribution in [0.5, 0.6) is 0 Å². The molecule has 1 aliphatic rings. The largest absolute Gasteiger partial charge is 0.464 e. The highest BCUT2D eigenvalue weighted by Crippen LogP contribution is 2.11. The van der Waals surface area contributed by atoms with E-state index in [2.05, 4.69) is 48.8 Å². The van der Waals surface area contributed by atoms with Crippen molar-refractivity contribution in [2.24, 2.45) is 0 Å². The summed E-state index contributed by atoms with van der Waals surface area (Å²) in [5, 5.41) is 7.16. The lowest BCUT2D eigenvalue weighted by Crippen LogP contribution is -2.32. The zero-order valence-electron chi connectivity index (χ0n) is 24.7. The van der Waals surface area contributed by atoms with Gasteiger partial charge in [0.1, 0.15) is 13.2 Å². The highest BCUT2D eigenvalue weighted by atomic mass is 16.5. The van der Waals surface area contributed by atoms with Crippen molar-refractivity contribution in [3.63, 3.8) is 0 Å². The van der Waals surface area contributed by atoms with Crippen molar-refractivity contribution in [3.8, 4) is 0 Å². The highest BCUT2D eigenvalue weighted by molar-refractivity contribution is 5.69. The number of carbonyl (C=O) groups is 2. The summed E-state index contributed by atoms with van der Waals surface area (Å²) < 4.78 is 10.9. The number of hydrogen-bond donors (Lipinski definition) is 2. The van der Waals surface area contributed by atoms with Crippen LogP contribution in [0, 0.1) is 0 Å². The lowest BCUT2D eigenvalue weighted by molar-refractivity contribution is -0.144. The predicted octanol–water partition coefficient (Wildman–Crippen LogP) is 7.18. The van der Waals surface area contributed by atoms with Crippen molar-refractivity contribution in [1.82, 2.24) is 10.6 Å². The number of allylic oxidation sites excluding steroid dienone is 4. The van der Waals surface area contributed by atoms with Crippen molar-refractivity contribution in [1.29, 1.82) is 0 Å². The van der Waals surface area contributed by atoms with Gasteiger partial charge in [0, 0.05) is 38.0 Å². The molecule has 0 amide bonds. The summed E-state index contributed by atoms with van der Waals surface area (Å²) in [5.74, 6) is -0.161. The Morgan fingerprint density at radius 2 is 1.03 bits per heavy atom. The molecule has 0 aromatic rings. The zero-order chi connectivity index (χ0) is 27.5. The van der Waals surface area contributed by atoms with Gasteiger partial charge in [0.15, 0.2) is 0 Å². The molecule has 0 fully saturated rings. The normalized spacial score (nSPS) is 25.9. The van der Waals surface area contributed by atoms with Crippen LogP contribution in [-0.2, 0) is 19.1 Å². The quantitative estimate of drug-likeness (QED) is 0.294. The summed E-state index contributed by atoms with van der Waals surface area (Å²) in [6.45, 7) is 6.81. The van der Waals surface area contributed by atoms with E-state index >= 15 is 0 Å². The van der Waals surface area contributed by atoms with Gasteiger partial charge in [-0.3, -0.25) is 9.59 Å². The number of rotatable bonds is 4. The second-order valence-corrected chi connectivity index (χ2v) is 10.6. The molecule has 0 radical (unpaired) electrons. The Hall–Kier alpha value is -1.66. The third kappa shape index (κ3) is 21.3. The van der Waals surface area contributed by atoms with Gasteiger partial charge >= 0.3 is 11.9 Å². The topological polar surface area (TPSA) is 76.7 Å². The van der Waals surface area contributed by atoms with Crippen molar-refractivity contribution in [2.45, 2.75) is 142 Å². The second kappa shape index (κ2) is 25.6. The van der Waals surface area contributed by atoms with Gasteiger partial charge in [-0.15, -0.1) is 0 Å². The van der Waals surface area contributed by atoms with Crippen LogP contribution in [0.3, 0.4) is 0 Å². The van der Waals surface area contributed by atoms with Crippen LogP contribution in [0.4, 0.5) is 0 Å². The maximum Gasteiger partial charge on any atom is 0.305 e. The molecule has 2 atom stereocenters. The number of carbonyl (C=O) groups excluding carboxylic acids is 2. The van der Waals surface area contributed by atoms with Crippen molar-refractivity contribution in [3.05, 3.63) is 24.3 Å². The number of nitrogens with one attached hydrogen (secondary N) is 2. The molecule has 1 rings (SSSR count). The SMILES string of the molecule is CCCC1CCCC/C=C/CCCC(=O)OCCNC(CCC)CCCC/C=C/CCCC(=O)OCCN1. The lowest BCUT2D eigenvalue weighted by Gasteiger charge is -2.18. The van der Waals surface area contributed by atoms with E-state index in [1.807, 2.05) is 0 Å². The number of cyclic esters (lactones) is 2. The van der Waals surface area contributed by atoms with Gasteiger partial charge in [-0.2, -0.15) is 0 Å². The molecule has 220 valence electrons. The van der Waals surface area contributed by atoms with E-state index in [0.717, 1.165) is 90.1 Å². The van der Waals surface area contributed by atoms with Gasteiger partial charge in [0.25, 0.3) is 0 Å². The zero-order valence-corrected chi connectivity index (χ0v) is 24.7. The van der Waals surface area contributed by atoms with Gasteiger partial charge in [0.05, 0.1) is 0 Å². The van der Waals surface area contributed by atoms with Crippen LogP contribution in [0.15, 0.2) is 24.3 Å². The van der Waals surface area contributed by atoms with Crippen LogP contribution < -0.4 is 10.6 Å². The predicted molar refractivity (Wildman–Crippen MR) is 158 cm³/mol. The van der Waals surface area contributed by atoms with Crippen LogP contribution in [0.25, 0.3) is 0 Å². The summed E-state index contributed by atoms with van der Waals surface area (Å²) in [6.07, 6.45) is 27.3. The molecule has 0 saturated carbocycles. The maximum absolute atomic E-state index is 12.0. The third-order valence-corrected chi connectivity index (χ3v) is 7.05. The Kier molecular flexibility index (Phi) is 23.2. The molecule has 2 N–H and O–H groups in total. The fourth-order valence-corrected chi connectivity index (χ4v) is 4.90. The number of esters is 2. The molecule has 6 heteroatoms. The molecule has 0 aromatic heterocycles. The Morgan fingerprint density at radius 3 is 1.42 bits per heavy atom. The van der Waals surface area contributed by atoms with E-state index in [-0.39, 0.29) is 11.9 Å².